The molecule has 0 radical (unpaired) electrons. The van der Waals surface area contributed by atoms with E-state index in [-0.39, 0.29) is 5.91 Å². The Hall–Kier alpha value is -2.10. The first-order valence-electron chi connectivity index (χ1n) is 8.82. The third-order valence-corrected chi connectivity index (χ3v) is 6.16. The molecular weight excluding hydrogens is 412 g/mol. The maximum absolute atomic E-state index is 12.2. The molecule has 3 aromatic rings. The van der Waals surface area contributed by atoms with E-state index in [9.17, 15) is 4.79 Å². The lowest BCUT2D eigenvalue weighted by atomic mass is 10.2. The SMILES string of the molecule is COc1ccc(-c2n[nH]c(=S)n2CCC(=O)NCCSCc2ccsc2)cc1. The molecular formula is C19H22N4O2S3. The van der Waals surface area contributed by atoms with Crippen LogP contribution in [0.15, 0.2) is 41.1 Å². The Morgan fingerprint density at radius 2 is 2.18 bits per heavy atom. The van der Waals surface area contributed by atoms with Crippen molar-refractivity contribution in [1.82, 2.24) is 20.1 Å². The fourth-order valence-corrected chi connectivity index (χ4v) is 4.42. The van der Waals surface area contributed by atoms with Crippen molar-refractivity contribution in [2.45, 2.75) is 18.7 Å². The fourth-order valence-electron chi connectivity index (χ4n) is 2.61. The van der Waals surface area contributed by atoms with Gasteiger partial charge in [0.2, 0.25) is 5.91 Å². The lowest BCUT2D eigenvalue weighted by Crippen LogP contribution is -2.26. The van der Waals surface area contributed by atoms with Gasteiger partial charge in [-0.15, -0.1) is 0 Å². The fraction of sp³-hybridized carbons (Fsp3) is 0.316. The highest BCUT2D eigenvalue weighted by Crippen LogP contribution is 2.21. The van der Waals surface area contributed by atoms with Crippen LogP contribution in [-0.4, -0.2) is 40.1 Å². The quantitative estimate of drug-likeness (QED) is 0.371. The normalized spacial score (nSPS) is 10.8. The van der Waals surface area contributed by atoms with Gasteiger partial charge < -0.3 is 10.1 Å². The maximum Gasteiger partial charge on any atom is 0.221 e. The largest absolute Gasteiger partial charge is 0.497 e. The van der Waals surface area contributed by atoms with E-state index in [0.717, 1.165) is 22.8 Å². The molecule has 0 fully saturated rings. The van der Waals surface area contributed by atoms with E-state index in [1.54, 1.807) is 18.4 Å². The molecule has 6 nitrogen and oxygen atoms in total. The van der Waals surface area contributed by atoms with Gasteiger partial charge in [-0.25, -0.2) is 0 Å². The predicted octanol–water partition coefficient (Wildman–Crippen LogP) is 4.12. The van der Waals surface area contributed by atoms with E-state index in [1.807, 2.05) is 40.6 Å². The van der Waals surface area contributed by atoms with Gasteiger partial charge in [0.15, 0.2) is 10.6 Å². The Morgan fingerprint density at radius 1 is 1.36 bits per heavy atom. The van der Waals surface area contributed by atoms with E-state index in [0.29, 0.717) is 30.1 Å². The molecule has 2 N–H and O–H groups in total. The van der Waals surface area contributed by atoms with Crippen molar-refractivity contribution >= 4 is 41.2 Å². The Balaban J connectivity index is 1.46. The molecule has 28 heavy (non-hydrogen) atoms. The van der Waals surface area contributed by atoms with Crippen LogP contribution in [0.25, 0.3) is 11.4 Å². The Bertz CT molecular complexity index is 933. The Morgan fingerprint density at radius 3 is 2.89 bits per heavy atom. The molecule has 0 atom stereocenters. The summed E-state index contributed by atoms with van der Waals surface area (Å²) in [5.41, 5.74) is 2.25. The van der Waals surface area contributed by atoms with Crippen LogP contribution in [0.5, 0.6) is 5.75 Å². The molecule has 0 bridgehead atoms. The molecule has 1 amide bonds. The zero-order valence-electron chi connectivity index (χ0n) is 15.5. The van der Waals surface area contributed by atoms with Crippen molar-refractivity contribution in [3.63, 3.8) is 0 Å². The summed E-state index contributed by atoms with van der Waals surface area (Å²) in [6.07, 6.45) is 0.353. The monoisotopic (exact) mass is 434 g/mol. The van der Waals surface area contributed by atoms with Crippen molar-refractivity contribution in [1.29, 1.82) is 0 Å². The number of nitrogens with one attached hydrogen (secondary N) is 2. The topological polar surface area (TPSA) is 71.9 Å². The van der Waals surface area contributed by atoms with Crippen molar-refractivity contribution < 1.29 is 9.53 Å². The maximum atomic E-state index is 12.2. The van der Waals surface area contributed by atoms with Gasteiger partial charge in [-0.3, -0.25) is 14.5 Å². The number of benzene rings is 1. The number of hydrogen-bond donors (Lipinski definition) is 2. The molecule has 0 spiro atoms. The highest BCUT2D eigenvalue weighted by Gasteiger charge is 2.11. The molecule has 0 saturated carbocycles. The van der Waals surface area contributed by atoms with Gasteiger partial charge >= 0.3 is 0 Å². The van der Waals surface area contributed by atoms with Crippen LogP contribution in [-0.2, 0) is 17.1 Å². The summed E-state index contributed by atoms with van der Waals surface area (Å²) in [7, 11) is 1.63. The van der Waals surface area contributed by atoms with Crippen molar-refractivity contribution in [3.05, 3.63) is 51.4 Å². The molecule has 0 unspecified atom stereocenters. The number of ether oxygens (including phenoxy) is 1. The first kappa shape index (κ1) is 20.6. The van der Waals surface area contributed by atoms with Crippen LogP contribution in [0.1, 0.15) is 12.0 Å². The molecule has 1 aromatic carbocycles. The van der Waals surface area contributed by atoms with Crippen LogP contribution in [0, 0.1) is 4.77 Å². The summed E-state index contributed by atoms with van der Waals surface area (Å²) in [5.74, 6) is 3.38. The smallest absolute Gasteiger partial charge is 0.221 e. The minimum Gasteiger partial charge on any atom is -0.497 e. The first-order valence-corrected chi connectivity index (χ1v) is 11.3. The van der Waals surface area contributed by atoms with Crippen molar-refractivity contribution in [3.8, 4) is 17.1 Å². The van der Waals surface area contributed by atoms with E-state index in [2.05, 4.69) is 32.3 Å². The van der Waals surface area contributed by atoms with Crippen molar-refractivity contribution in [2.75, 3.05) is 19.4 Å². The standard InChI is InChI=1S/C19H22N4O2S3/c1-25-16-4-2-15(3-5-16)18-21-22-19(26)23(18)9-6-17(24)20-8-11-28-13-14-7-10-27-12-14/h2-5,7,10,12H,6,8-9,11,13H2,1H3,(H,20,24)(H,22,26). The molecule has 0 saturated heterocycles. The van der Waals surface area contributed by atoms with Gasteiger partial charge in [0.05, 0.1) is 7.11 Å². The summed E-state index contributed by atoms with van der Waals surface area (Å²) < 4.78 is 7.54. The number of carbonyl (C=O) groups excluding carboxylic acids is 1. The number of rotatable bonds is 10. The third kappa shape index (κ3) is 5.70. The highest BCUT2D eigenvalue weighted by molar-refractivity contribution is 7.98. The van der Waals surface area contributed by atoms with Crippen LogP contribution >= 0.6 is 35.3 Å². The first-order chi connectivity index (χ1) is 13.7. The van der Waals surface area contributed by atoms with Crippen LogP contribution in [0.2, 0.25) is 0 Å². The minimum atomic E-state index is 0.0138. The predicted molar refractivity (Wildman–Crippen MR) is 118 cm³/mol. The van der Waals surface area contributed by atoms with Gasteiger partial charge in [0.1, 0.15) is 5.75 Å². The number of thiophene rings is 1. The second-order valence-electron chi connectivity index (χ2n) is 6.02. The third-order valence-electron chi connectivity index (χ3n) is 4.09. The summed E-state index contributed by atoms with van der Waals surface area (Å²) in [4.78, 5) is 12.2. The molecule has 9 heteroatoms. The molecule has 0 aliphatic heterocycles. The minimum absolute atomic E-state index is 0.0138. The lowest BCUT2D eigenvalue weighted by molar-refractivity contribution is -0.121. The van der Waals surface area contributed by atoms with Gasteiger partial charge in [0.25, 0.3) is 0 Å². The second-order valence-corrected chi connectivity index (χ2v) is 8.29. The summed E-state index contributed by atoms with van der Waals surface area (Å²) >= 11 is 8.85. The van der Waals surface area contributed by atoms with Crippen LogP contribution < -0.4 is 10.1 Å². The lowest BCUT2D eigenvalue weighted by Gasteiger charge is -2.08. The average Bonchev–Trinajstić information content (AvgIpc) is 3.36. The number of aromatic nitrogens is 3. The zero-order valence-corrected chi connectivity index (χ0v) is 18.0. The number of aromatic amines is 1. The molecule has 0 aliphatic rings. The second kappa shape index (κ2) is 10.4. The number of methoxy groups -OCH3 is 1. The summed E-state index contributed by atoms with van der Waals surface area (Å²) in [5, 5.41) is 14.3. The van der Waals surface area contributed by atoms with Gasteiger partial charge in [0, 0.05) is 36.6 Å². The zero-order chi connectivity index (χ0) is 19.8. The number of hydrogen-bond acceptors (Lipinski definition) is 6. The van der Waals surface area contributed by atoms with Gasteiger partial charge in [-0.05, 0) is 58.9 Å². The molecule has 2 heterocycles. The summed E-state index contributed by atoms with van der Waals surface area (Å²) in [6, 6.07) is 9.72. The Kier molecular flexibility index (Phi) is 7.70. The highest BCUT2D eigenvalue weighted by atomic mass is 32.2. The molecule has 0 aliphatic carbocycles. The average molecular weight is 435 g/mol. The van der Waals surface area contributed by atoms with E-state index in [4.69, 9.17) is 17.0 Å². The van der Waals surface area contributed by atoms with E-state index in [1.165, 1.54) is 5.56 Å². The number of thioether (sulfide) groups is 1. The molecule has 148 valence electrons. The number of nitrogens with zero attached hydrogens (tertiary/aromatic N) is 2. The van der Waals surface area contributed by atoms with E-state index >= 15 is 0 Å². The summed E-state index contributed by atoms with van der Waals surface area (Å²) in [6.45, 7) is 1.14. The van der Waals surface area contributed by atoms with E-state index < -0.39 is 0 Å². The number of H-pyrrole nitrogens is 1. The molecule has 3 rings (SSSR count). The van der Waals surface area contributed by atoms with Crippen LogP contribution in [0.3, 0.4) is 0 Å². The number of carbonyl (C=O) groups is 1. The van der Waals surface area contributed by atoms with Crippen LogP contribution in [0.4, 0.5) is 0 Å². The van der Waals surface area contributed by atoms with Gasteiger partial charge in [-0.2, -0.15) is 28.2 Å². The Labute approximate surface area is 177 Å². The van der Waals surface area contributed by atoms with Gasteiger partial charge in [-0.1, -0.05) is 0 Å². The molecule has 2 aromatic heterocycles. The number of amides is 1. The van der Waals surface area contributed by atoms with Crippen molar-refractivity contribution in [2.24, 2.45) is 0 Å².